The lowest BCUT2D eigenvalue weighted by Gasteiger charge is -2.13. The topological polar surface area (TPSA) is 72.5 Å². The number of ether oxygens (including phenoxy) is 1. The molecule has 3 N–H and O–H groups in total. The third kappa shape index (κ3) is 1.68. The van der Waals surface area contributed by atoms with Gasteiger partial charge in [0, 0.05) is 11.5 Å². The summed E-state index contributed by atoms with van der Waals surface area (Å²) in [6.45, 7) is 0. The Bertz CT molecular complexity index is 667. The molecular weight excluding hydrogens is 242 g/mol. The van der Waals surface area contributed by atoms with Gasteiger partial charge in [-0.3, -0.25) is 4.79 Å². The number of carboxylic acid groups (broad SMARTS) is 1. The lowest BCUT2D eigenvalue weighted by atomic mass is 9.97. The highest BCUT2D eigenvalue weighted by atomic mass is 16.5. The van der Waals surface area contributed by atoms with Crippen LogP contribution in [0.25, 0.3) is 10.8 Å². The summed E-state index contributed by atoms with van der Waals surface area (Å²) < 4.78 is 5.38. The quantitative estimate of drug-likeness (QED) is 0.883. The van der Waals surface area contributed by atoms with Crippen LogP contribution in [0.5, 0.6) is 5.75 Å². The summed E-state index contributed by atoms with van der Waals surface area (Å²) in [5.74, 6) is -0.434. The Kier molecular flexibility index (Phi) is 2.50. The van der Waals surface area contributed by atoms with Crippen LogP contribution in [0.3, 0.4) is 0 Å². The number of methoxy groups -OCH3 is 1. The minimum Gasteiger partial charge on any atom is -0.496 e. The largest absolute Gasteiger partial charge is 0.496 e. The van der Waals surface area contributed by atoms with E-state index in [1.54, 1.807) is 7.11 Å². The summed E-state index contributed by atoms with van der Waals surface area (Å²) >= 11 is 0. The van der Waals surface area contributed by atoms with Crippen molar-refractivity contribution >= 4 is 16.7 Å². The summed E-state index contributed by atoms with van der Waals surface area (Å²) in [7, 11) is 1.59. The first-order valence-electron chi connectivity index (χ1n) is 6.16. The second-order valence-electron chi connectivity index (χ2n) is 5.00. The van der Waals surface area contributed by atoms with E-state index >= 15 is 0 Å². The van der Waals surface area contributed by atoms with Crippen molar-refractivity contribution in [3.8, 4) is 5.75 Å². The third-order valence-corrected chi connectivity index (χ3v) is 3.90. The highest BCUT2D eigenvalue weighted by Crippen LogP contribution is 2.54. The van der Waals surface area contributed by atoms with Crippen LogP contribution in [-0.2, 0) is 4.79 Å². The molecule has 2 aromatic carbocycles. The zero-order chi connectivity index (χ0) is 13.6. The Morgan fingerprint density at radius 1 is 1.37 bits per heavy atom. The summed E-state index contributed by atoms with van der Waals surface area (Å²) in [5, 5.41) is 11.3. The van der Waals surface area contributed by atoms with Crippen molar-refractivity contribution in [2.75, 3.05) is 7.11 Å². The molecule has 0 aromatic heterocycles. The number of carboxylic acids is 1. The molecule has 0 bridgehead atoms. The van der Waals surface area contributed by atoms with Crippen LogP contribution in [0.1, 0.15) is 17.9 Å². The number of carbonyl (C=O) groups is 1. The smallest absolute Gasteiger partial charge is 0.324 e. The van der Waals surface area contributed by atoms with Gasteiger partial charge in [-0.05, 0) is 23.3 Å². The summed E-state index contributed by atoms with van der Waals surface area (Å²) in [6, 6.07) is 11.7. The number of rotatable bonds is 3. The van der Waals surface area contributed by atoms with Crippen LogP contribution >= 0.6 is 0 Å². The molecule has 0 saturated heterocycles. The number of fused-ring (bicyclic) bond motifs is 1. The molecule has 4 heteroatoms. The maximum absolute atomic E-state index is 11.2. The predicted octanol–water partition coefficient (Wildman–Crippen LogP) is 2.12. The van der Waals surface area contributed by atoms with E-state index in [1.807, 2.05) is 36.4 Å². The second-order valence-corrected chi connectivity index (χ2v) is 5.00. The van der Waals surface area contributed by atoms with Crippen molar-refractivity contribution in [1.29, 1.82) is 0 Å². The van der Waals surface area contributed by atoms with Crippen LogP contribution in [0.15, 0.2) is 36.4 Å². The molecule has 1 aliphatic carbocycles. The van der Waals surface area contributed by atoms with Crippen LogP contribution in [0.4, 0.5) is 0 Å². The van der Waals surface area contributed by atoms with Gasteiger partial charge < -0.3 is 15.6 Å². The van der Waals surface area contributed by atoms with E-state index in [0.29, 0.717) is 12.2 Å². The van der Waals surface area contributed by atoms with E-state index in [0.717, 1.165) is 16.3 Å². The van der Waals surface area contributed by atoms with E-state index in [2.05, 4.69) is 0 Å². The Labute approximate surface area is 110 Å². The van der Waals surface area contributed by atoms with Crippen molar-refractivity contribution in [1.82, 2.24) is 0 Å². The van der Waals surface area contributed by atoms with Crippen molar-refractivity contribution in [3.63, 3.8) is 0 Å². The highest BCUT2D eigenvalue weighted by Gasteiger charge is 2.59. The van der Waals surface area contributed by atoms with Crippen LogP contribution in [0, 0.1) is 0 Å². The lowest BCUT2D eigenvalue weighted by Crippen LogP contribution is -2.34. The zero-order valence-electron chi connectivity index (χ0n) is 10.6. The van der Waals surface area contributed by atoms with Gasteiger partial charge in [-0.15, -0.1) is 0 Å². The maximum Gasteiger partial charge on any atom is 0.324 e. The van der Waals surface area contributed by atoms with E-state index in [1.165, 1.54) is 0 Å². The number of benzene rings is 2. The van der Waals surface area contributed by atoms with Gasteiger partial charge in [-0.25, -0.2) is 0 Å². The highest BCUT2D eigenvalue weighted by molar-refractivity contribution is 5.93. The van der Waals surface area contributed by atoms with Crippen molar-refractivity contribution < 1.29 is 14.6 Å². The standard InChI is InChI=1S/C15H15NO3/c1-19-12-7-6-9-4-2-3-5-10(9)13(12)11-8-15(11,16)14(17)18/h2-7,11H,8,16H2,1H3,(H,17,18)/t11-,15-/m0/s1. The number of nitrogens with two attached hydrogens (primary N) is 1. The molecule has 1 fully saturated rings. The molecule has 98 valence electrons. The van der Waals surface area contributed by atoms with Crippen molar-refractivity contribution in [2.45, 2.75) is 17.9 Å². The average Bonchev–Trinajstić information content (AvgIpc) is 3.10. The first kappa shape index (κ1) is 12.0. The molecule has 19 heavy (non-hydrogen) atoms. The number of aliphatic carboxylic acids is 1. The average molecular weight is 257 g/mol. The molecule has 0 aliphatic heterocycles. The van der Waals surface area contributed by atoms with Gasteiger partial charge in [0.05, 0.1) is 7.11 Å². The molecule has 2 aromatic rings. The number of hydrogen-bond donors (Lipinski definition) is 2. The van der Waals surface area contributed by atoms with E-state index < -0.39 is 11.5 Å². The van der Waals surface area contributed by atoms with Gasteiger partial charge >= 0.3 is 5.97 Å². The monoisotopic (exact) mass is 257 g/mol. The van der Waals surface area contributed by atoms with Gasteiger partial charge in [0.25, 0.3) is 0 Å². The van der Waals surface area contributed by atoms with Gasteiger partial charge in [0.2, 0.25) is 0 Å². The zero-order valence-corrected chi connectivity index (χ0v) is 10.6. The van der Waals surface area contributed by atoms with Gasteiger partial charge in [0.1, 0.15) is 11.3 Å². The minimum atomic E-state index is -1.16. The minimum absolute atomic E-state index is 0.189. The van der Waals surface area contributed by atoms with Gasteiger partial charge in [-0.1, -0.05) is 30.3 Å². The fraction of sp³-hybridized carbons (Fsp3) is 0.267. The van der Waals surface area contributed by atoms with Crippen molar-refractivity contribution in [3.05, 3.63) is 42.0 Å². The van der Waals surface area contributed by atoms with Crippen molar-refractivity contribution in [2.24, 2.45) is 5.73 Å². The van der Waals surface area contributed by atoms with E-state index in [-0.39, 0.29) is 5.92 Å². The van der Waals surface area contributed by atoms with Gasteiger partial charge in [0.15, 0.2) is 0 Å². The summed E-state index contributed by atoms with van der Waals surface area (Å²) in [5.41, 5.74) is 5.68. The Morgan fingerprint density at radius 3 is 2.74 bits per heavy atom. The lowest BCUT2D eigenvalue weighted by molar-refractivity contribution is -0.139. The molecule has 0 radical (unpaired) electrons. The molecule has 0 amide bonds. The molecular formula is C15H15NO3. The predicted molar refractivity (Wildman–Crippen MR) is 72.4 cm³/mol. The SMILES string of the molecule is COc1ccc2ccccc2c1[C@@H]1C[C@@]1(N)C(=O)O. The van der Waals surface area contributed by atoms with E-state index in [4.69, 9.17) is 10.5 Å². The van der Waals surface area contributed by atoms with Crippen LogP contribution in [0.2, 0.25) is 0 Å². The molecule has 0 spiro atoms. The second kappa shape index (κ2) is 3.96. The molecule has 0 heterocycles. The normalized spacial score (nSPS) is 25.3. The fourth-order valence-electron chi connectivity index (χ4n) is 2.69. The Hall–Kier alpha value is -2.07. The Balaban J connectivity index is 2.20. The molecule has 4 nitrogen and oxygen atoms in total. The van der Waals surface area contributed by atoms with Crippen LogP contribution in [-0.4, -0.2) is 23.7 Å². The fourth-order valence-corrected chi connectivity index (χ4v) is 2.69. The molecule has 1 aliphatic rings. The first-order valence-corrected chi connectivity index (χ1v) is 6.16. The molecule has 1 saturated carbocycles. The van der Waals surface area contributed by atoms with Gasteiger partial charge in [-0.2, -0.15) is 0 Å². The van der Waals surface area contributed by atoms with Crippen LogP contribution < -0.4 is 10.5 Å². The molecule has 3 rings (SSSR count). The van der Waals surface area contributed by atoms with E-state index in [9.17, 15) is 9.90 Å². The number of hydrogen-bond acceptors (Lipinski definition) is 3. The Morgan fingerprint density at radius 2 is 2.11 bits per heavy atom. The molecule has 0 unspecified atom stereocenters. The maximum atomic E-state index is 11.2. The third-order valence-electron chi connectivity index (χ3n) is 3.90. The first-order chi connectivity index (χ1) is 9.08. The summed E-state index contributed by atoms with van der Waals surface area (Å²) in [6.07, 6.45) is 0.451. The summed E-state index contributed by atoms with van der Waals surface area (Å²) in [4.78, 5) is 11.2. The molecule has 2 atom stereocenters.